The van der Waals surface area contributed by atoms with Crippen molar-refractivity contribution in [1.82, 2.24) is 15.5 Å². The number of rotatable bonds is 5. The van der Waals surface area contributed by atoms with Crippen LogP contribution in [0.4, 0.5) is 5.88 Å². The topological polar surface area (TPSA) is 91.1 Å². The summed E-state index contributed by atoms with van der Waals surface area (Å²) in [4.78, 5) is 3.80. The van der Waals surface area contributed by atoms with Crippen molar-refractivity contribution < 1.29 is 14.3 Å². The molecule has 0 N–H and O–H groups in total. The second-order valence-electron chi connectivity index (χ2n) is 3.28. The third-order valence-corrected chi connectivity index (χ3v) is 3.84. The van der Waals surface area contributed by atoms with Gasteiger partial charge in [0.2, 0.25) is 5.27 Å². The molecule has 2 rings (SSSR count). The van der Waals surface area contributed by atoms with Crippen LogP contribution in [-0.4, -0.2) is 27.1 Å². The second kappa shape index (κ2) is 5.91. The van der Waals surface area contributed by atoms with Crippen molar-refractivity contribution in [3.8, 4) is 0 Å². The third kappa shape index (κ3) is 3.50. The highest BCUT2D eigenvalue weighted by Gasteiger charge is 2.07. The monoisotopic (exact) mass is 285 g/mol. The molecule has 0 aliphatic heterocycles. The van der Waals surface area contributed by atoms with Crippen molar-refractivity contribution >= 4 is 34.9 Å². The first-order valence-electron chi connectivity index (χ1n) is 5.21. The zero-order chi connectivity index (χ0) is 13.0. The molecule has 0 aliphatic rings. The fourth-order valence-electron chi connectivity index (χ4n) is 1.08. The molecule has 7 nitrogen and oxygen atoms in total. The minimum Gasteiger partial charge on any atom is -0.861 e. The molecule has 18 heavy (non-hydrogen) atoms. The van der Waals surface area contributed by atoms with Gasteiger partial charge in [0.15, 0.2) is 10.9 Å². The van der Waals surface area contributed by atoms with Gasteiger partial charge in [0, 0.05) is 5.75 Å². The summed E-state index contributed by atoms with van der Waals surface area (Å²) in [6.07, 6.45) is 1.58. The average Bonchev–Trinajstić information content (AvgIpc) is 2.95. The Morgan fingerprint density at radius 1 is 1.61 bits per heavy atom. The molecule has 2 aromatic heterocycles. The molecule has 0 unspecified atom stereocenters. The quantitative estimate of drug-likeness (QED) is 0.340. The molecule has 9 heteroatoms. The predicted molar refractivity (Wildman–Crippen MR) is 64.8 cm³/mol. The highest BCUT2D eigenvalue weighted by Crippen LogP contribution is 2.21. The van der Waals surface area contributed by atoms with Gasteiger partial charge in [-0.2, -0.15) is 0 Å². The number of thioether (sulfide) groups is 1. The first-order valence-corrected chi connectivity index (χ1v) is 7.01. The number of aromatic nitrogens is 4. The van der Waals surface area contributed by atoms with E-state index in [0.717, 1.165) is 9.35 Å². The van der Waals surface area contributed by atoms with E-state index in [1.807, 2.05) is 13.8 Å². The molecule has 0 fully saturated rings. The maximum atomic E-state index is 11.6. The fraction of sp³-hybridized carbons (Fsp3) is 0.444. The van der Waals surface area contributed by atoms with Crippen LogP contribution in [0.1, 0.15) is 11.9 Å². The first kappa shape index (κ1) is 13.0. The molecule has 96 valence electrons. The molecule has 0 amide bonds. The molecule has 0 saturated carbocycles. The van der Waals surface area contributed by atoms with E-state index in [4.69, 9.17) is 4.52 Å². The van der Waals surface area contributed by atoms with Crippen LogP contribution in [0.15, 0.2) is 20.1 Å². The average molecular weight is 285 g/mol. The van der Waals surface area contributed by atoms with Crippen molar-refractivity contribution in [2.45, 2.75) is 24.7 Å². The van der Waals surface area contributed by atoms with E-state index in [2.05, 4.69) is 20.5 Å². The van der Waals surface area contributed by atoms with Crippen LogP contribution in [0, 0.1) is 6.92 Å². The van der Waals surface area contributed by atoms with Crippen molar-refractivity contribution in [3.63, 3.8) is 0 Å². The summed E-state index contributed by atoms with van der Waals surface area (Å²) in [6.45, 7) is 4.46. The molecular weight excluding hydrogens is 274 g/mol. The lowest BCUT2D eigenvalue weighted by atomic mass is 10.7. The molecule has 0 aliphatic carbocycles. The largest absolute Gasteiger partial charge is 0.861 e. The lowest BCUT2D eigenvalue weighted by Gasteiger charge is -2.05. The van der Waals surface area contributed by atoms with Crippen LogP contribution >= 0.6 is 23.1 Å². The lowest BCUT2D eigenvalue weighted by molar-refractivity contribution is -0.759. The van der Waals surface area contributed by atoms with Gasteiger partial charge in [-0.3, -0.25) is 4.52 Å². The summed E-state index contributed by atoms with van der Waals surface area (Å²) in [5.41, 5.74) is 0. The lowest BCUT2D eigenvalue weighted by Crippen LogP contribution is -2.32. The third-order valence-electron chi connectivity index (χ3n) is 1.88. The molecule has 0 radical (unpaired) electrons. The standard InChI is InChI=1S/C9H11N5O2S2/c1-3-14-4-8(16-13-14)10-7(15)5-17-9-12-11-6(2)18-9/h4H,3,5H2,1-2H3. The summed E-state index contributed by atoms with van der Waals surface area (Å²) in [5, 5.41) is 23.9. The van der Waals surface area contributed by atoms with E-state index in [9.17, 15) is 5.11 Å². The normalized spacial score (nSPS) is 12.0. The number of hydrogen-bond acceptors (Lipinski definition) is 8. The van der Waals surface area contributed by atoms with Crippen LogP contribution in [0.25, 0.3) is 0 Å². The van der Waals surface area contributed by atoms with Crippen LogP contribution < -0.4 is 9.79 Å². The zero-order valence-electron chi connectivity index (χ0n) is 9.86. The fourth-order valence-corrected chi connectivity index (χ4v) is 2.68. The summed E-state index contributed by atoms with van der Waals surface area (Å²) in [6, 6.07) is 0. The highest BCUT2D eigenvalue weighted by atomic mass is 32.2. The van der Waals surface area contributed by atoms with Crippen LogP contribution in [-0.2, 0) is 6.54 Å². The second-order valence-corrected chi connectivity index (χ2v) is 5.68. The smallest absolute Gasteiger partial charge is 0.320 e. The van der Waals surface area contributed by atoms with Crippen LogP contribution in [0.3, 0.4) is 0 Å². The Kier molecular flexibility index (Phi) is 4.26. The van der Waals surface area contributed by atoms with E-state index >= 15 is 0 Å². The molecule has 0 bridgehead atoms. The van der Waals surface area contributed by atoms with Gasteiger partial charge in [0.1, 0.15) is 5.01 Å². The summed E-state index contributed by atoms with van der Waals surface area (Å²) in [5.74, 6) is 0.143. The van der Waals surface area contributed by atoms with Crippen LogP contribution in [0.2, 0.25) is 0 Å². The van der Waals surface area contributed by atoms with Gasteiger partial charge >= 0.3 is 5.88 Å². The van der Waals surface area contributed by atoms with E-state index in [1.165, 1.54) is 23.1 Å². The Labute approximate surface area is 112 Å². The van der Waals surface area contributed by atoms with Gasteiger partial charge in [-0.05, 0) is 19.7 Å². The zero-order valence-corrected chi connectivity index (χ0v) is 11.5. The summed E-state index contributed by atoms with van der Waals surface area (Å²) in [7, 11) is 0. The molecule has 0 saturated heterocycles. The van der Waals surface area contributed by atoms with Gasteiger partial charge in [-0.25, -0.2) is 4.99 Å². The van der Waals surface area contributed by atoms with E-state index in [1.54, 1.807) is 10.9 Å². The first-order chi connectivity index (χ1) is 8.67. The number of aliphatic imine (C=N–C) groups is 1. The van der Waals surface area contributed by atoms with E-state index in [-0.39, 0.29) is 17.5 Å². The Hall–Kier alpha value is -1.48. The van der Waals surface area contributed by atoms with E-state index in [0.29, 0.717) is 6.54 Å². The Bertz CT molecular complexity index is 551. The Morgan fingerprint density at radius 3 is 3.06 bits per heavy atom. The number of nitrogens with zero attached hydrogens (tertiary/aromatic N) is 5. The van der Waals surface area contributed by atoms with Gasteiger partial charge in [0.05, 0.1) is 0 Å². The molecule has 0 aromatic carbocycles. The van der Waals surface area contributed by atoms with Crippen molar-refractivity contribution in [2.75, 3.05) is 5.75 Å². The maximum absolute atomic E-state index is 11.6. The molecular formula is C9H11N5O2S2. The Balaban J connectivity index is 1.92. The van der Waals surface area contributed by atoms with Gasteiger partial charge in [-0.1, -0.05) is 27.8 Å². The van der Waals surface area contributed by atoms with Gasteiger partial charge < -0.3 is 5.11 Å². The van der Waals surface area contributed by atoms with Gasteiger partial charge in [-0.15, -0.1) is 10.2 Å². The number of aryl methyl sites for hydroxylation is 2. The summed E-state index contributed by atoms with van der Waals surface area (Å²) < 4.78 is 7.20. The Morgan fingerprint density at radius 2 is 2.44 bits per heavy atom. The van der Waals surface area contributed by atoms with E-state index < -0.39 is 0 Å². The van der Waals surface area contributed by atoms with Gasteiger partial charge in [0.25, 0.3) is 6.20 Å². The van der Waals surface area contributed by atoms with Crippen LogP contribution in [0.5, 0.6) is 0 Å². The molecule has 0 atom stereocenters. The molecule has 2 heterocycles. The minimum atomic E-state index is -0.285. The molecule has 0 spiro atoms. The summed E-state index contributed by atoms with van der Waals surface area (Å²) >= 11 is 2.76. The van der Waals surface area contributed by atoms with Crippen molar-refractivity contribution in [3.05, 3.63) is 11.2 Å². The SMILES string of the molecule is CC[n+]1cc(/N=C(/[O-])CSc2nnc(C)s2)on1. The van der Waals surface area contributed by atoms with Crippen molar-refractivity contribution in [2.24, 2.45) is 4.99 Å². The maximum Gasteiger partial charge on any atom is 0.320 e. The number of hydrogen-bond donors (Lipinski definition) is 0. The highest BCUT2D eigenvalue weighted by molar-refractivity contribution is 8.01. The minimum absolute atomic E-state index is 0.210. The van der Waals surface area contributed by atoms with Crippen molar-refractivity contribution in [1.29, 1.82) is 0 Å². The predicted octanol–water partition coefficient (Wildman–Crippen LogP) is 0.325. The molecule has 2 aromatic rings.